The van der Waals surface area contributed by atoms with Crippen LogP contribution in [0.3, 0.4) is 0 Å². The van der Waals surface area contributed by atoms with Crippen LogP contribution in [0.5, 0.6) is 0 Å². The third-order valence-corrected chi connectivity index (χ3v) is 7.17. The van der Waals surface area contributed by atoms with Gasteiger partial charge in [-0.15, -0.1) is 0 Å². The average molecular weight is 460 g/mol. The molecular weight excluding hydrogens is 434 g/mol. The molecule has 7 heteroatoms. The Labute approximate surface area is 196 Å². The van der Waals surface area contributed by atoms with Crippen molar-refractivity contribution in [2.75, 3.05) is 13.1 Å². The van der Waals surface area contributed by atoms with Crippen molar-refractivity contribution < 1.29 is 14.4 Å². The second-order valence-electron chi connectivity index (χ2n) is 8.70. The van der Waals surface area contributed by atoms with E-state index in [-0.39, 0.29) is 18.5 Å². The first-order valence-electron chi connectivity index (χ1n) is 11.1. The lowest BCUT2D eigenvalue weighted by molar-refractivity contribution is -0.136. The minimum absolute atomic E-state index is 0.204. The number of carbonyl (C=O) groups excluding carboxylic acids is 3. The summed E-state index contributed by atoms with van der Waals surface area (Å²) >= 11 is 0.899. The summed E-state index contributed by atoms with van der Waals surface area (Å²) in [7, 11) is 0. The van der Waals surface area contributed by atoms with E-state index >= 15 is 0 Å². The van der Waals surface area contributed by atoms with Crippen LogP contribution in [-0.4, -0.2) is 44.5 Å². The number of carbonyl (C=O) groups is 3. The number of aromatic nitrogens is 1. The van der Waals surface area contributed by atoms with E-state index < -0.39 is 11.1 Å². The first kappa shape index (κ1) is 21.5. The minimum Gasteiger partial charge on any atom is -0.344 e. The van der Waals surface area contributed by atoms with Crippen molar-refractivity contribution in [3.63, 3.8) is 0 Å². The highest BCUT2D eigenvalue weighted by atomic mass is 32.2. The second-order valence-corrected chi connectivity index (χ2v) is 9.70. The lowest BCUT2D eigenvalue weighted by Gasteiger charge is -2.29. The van der Waals surface area contributed by atoms with Gasteiger partial charge in [-0.05, 0) is 55.3 Å². The Balaban J connectivity index is 1.35. The van der Waals surface area contributed by atoms with Gasteiger partial charge >= 0.3 is 0 Å². The molecule has 0 saturated carbocycles. The van der Waals surface area contributed by atoms with Crippen molar-refractivity contribution in [1.29, 1.82) is 0 Å². The number of fused-ring (bicyclic) bond motifs is 2. The van der Waals surface area contributed by atoms with E-state index in [0.29, 0.717) is 18.0 Å². The largest absolute Gasteiger partial charge is 0.344 e. The SMILES string of the molecule is CC(C)n1cc(/C=C2/SC(=O)N(CC(=O)N3CCc4ccccc4C3)C2=O)c2ccccc21. The van der Waals surface area contributed by atoms with Gasteiger partial charge in [0.25, 0.3) is 11.1 Å². The Kier molecular flexibility index (Phi) is 5.58. The molecule has 0 bridgehead atoms. The molecule has 1 aromatic heterocycles. The van der Waals surface area contributed by atoms with Crippen LogP contribution in [0.25, 0.3) is 17.0 Å². The van der Waals surface area contributed by atoms with Gasteiger partial charge in [0.05, 0.1) is 4.91 Å². The molecule has 2 aliphatic heterocycles. The maximum Gasteiger partial charge on any atom is 0.294 e. The monoisotopic (exact) mass is 459 g/mol. The number of benzene rings is 2. The number of hydrogen-bond acceptors (Lipinski definition) is 4. The molecule has 2 aromatic carbocycles. The van der Waals surface area contributed by atoms with Crippen molar-refractivity contribution >= 4 is 45.8 Å². The summed E-state index contributed by atoms with van der Waals surface area (Å²) < 4.78 is 2.16. The second kappa shape index (κ2) is 8.56. The Morgan fingerprint density at radius 3 is 2.58 bits per heavy atom. The zero-order chi connectivity index (χ0) is 23.1. The van der Waals surface area contributed by atoms with Gasteiger partial charge in [0.2, 0.25) is 5.91 Å². The smallest absolute Gasteiger partial charge is 0.294 e. The molecular formula is C26H25N3O3S. The van der Waals surface area contributed by atoms with Crippen LogP contribution in [0.15, 0.2) is 59.6 Å². The maximum absolute atomic E-state index is 13.1. The fraction of sp³-hybridized carbons (Fsp3) is 0.269. The summed E-state index contributed by atoms with van der Waals surface area (Å²) in [5, 5.41) is 0.630. The predicted molar refractivity (Wildman–Crippen MR) is 131 cm³/mol. The number of thioether (sulfide) groups is 1. The fourth-order valence-corrected chi connectivity index (χ4v) is 5.32. The van der Waals surface area contributed by atoms with Gasteiger partial charge in [-0.2, -0.15) is 0 Å². The van der Waals surface area contributed by atoms with Gasteiger partial charge < -0.3 is 9.47 Å². The van der Waals surface area contributed by atoms with Gasteiger partial charge in [0.1, 0.15) is 6.54 Å². The summed E-state index contributed by atoms with van der Waals surface area (Å²) in [6.45, 7) is 5.09. The highest BCUT2D eigenvalue weighted by Crippen LogP contribution is 2.35. The molecule has 0 radical (unpaired) electrons. The molecule has 3 amide bonds. The topological polar surface area (TPSA) is 62.6 Å². The molecule has 0 atom stereocenters. The van der Waals surface area contributed by atoms with E-state index in [4.69, 9.17) is 0 Å². The molecule has 6 nitrogen and oxygen atoms in total. The zero-order valence-corrected chi connectivity index (χ0v) is 19.5. The van der Waals surface area contributed by atoms with Crippen molar-refractivity contribution in [1.82, 2.24) is 14.4 Å². The number of rotatable bonds is 4. The number of hydrogen-bond donors (Lipinski definition) is 0. The van der Waals surface area contributed by atoms with E-state index in [0.717, 1.165) is 45.1 Å². The van der Waals surface area contributed by atoms with Crippen molar-refractivity contribution in [3.05, 3.63) is 76.3 Å². The van der Waals surface area contributed by atoms with Gasteiger partial charge in [0.15, 0.2) is 0 Å². The van der Waals surface area contributed by atoms with E-state index in [9.17, 15) is 14.4 Å². The summed E-state index contributed by atoms with van der Waals surface area (Å²) in [6, 6.07) is 16.3. The quantitative estimate of drug-likeness (QED) is 0.524. The molecule has 1 fully saturated rings. The van der Waals surface area contributed by atoms with Crippen LogP contribution in [0.2, 0.25) is 0 Å². The molecule has 3 heterocycles. The van der Waals surface area contributed by atoms with E-state index in [1.807, 2.05) is 48.7 Å². The molecule has 1 saturated heterocycles. The molecule has 5 rings (SSSR count). The molecule has 168 valence electrons. The number of amides is 3. The Bertz CT molecular complexity index is 1310. The number of para-hydroxylation sites is 1. The predicted octanol–water partition coefficient (Wildman–Crippen LogP) is 4.84. The average Bonchev–Trinajstić information content (AvgIpc) is 3.31. The molecule has 33 heavy (non-hydrogen) atoms. The lowest BCUT2D eigenvalue weighted by Crippen LogP contribution is -2.44. The number of imide groups is 1. The third-order valence-electron chi connectivity index (χ3n) is 6.26. The van der Waals surface area contributed by atoms with Gasteiger partial charge in [-0.25, -0.2) is 0 Å². The Morgan fingerprint density at radius 2 is 1.79 bits per heavy atom. The van der Waals surface area contributed by atoms with E-state index in [2.05, 4.69) is 24.5 Å². The molecule has 2 aliphatic rings. The molecule has 0 N–H and O–H groups in total. The molecule has 0 aliphatic carbocycles. The number of nitrogens with zero attached hydrogens (tertiary/aromatic N) is 3. The summed E-state index contributed by atoms with van der Waals surface area (Å²) in [5.41, 5.74) is 4.34. The van der Waals surface area contributed by atoms with Crippen LogP contribution in [-0.2, 0) is 22.6 Å². The third kappa shape index (κ3) is 3.97. The van der Waals surface area contributed by atoms with E-state index in [1.165, 1.54) is 5.56 Å². The first-order valence-corrected chi connectivity index (χ1v) is 11.9. The minimum atomic E-state index is -0.405. The Hall–Kier alpha value is -3.32. The standard InChI is InChI=1S/C26H25N3O3S/c1-17(2)28-15-20(21-9-5-6-10-22(21)28)13-23-25(31)29(26(32)33-23)16-24(30)27-12-11-18-7-3-4-8-19(18)14-27/h3-10,13,15,17H,11-12,14,16H2,1-2H3/b23-13+. The van der Waals surface area contributed by atoms with Crippen LogP contribution >= 0.6 is 11.8 Å². The lowest BCUT2D eigenvalue weighted by atomic mass is 10.00. The van der Waals surface area contributed by atoms with Crippen LogP contribution in [0, 0.1) is 0 Å². The fourth-order valence-electron chi connectivity index (χ4n) is 4.50. The zero-order valence-electron chi connectivity index (χ0n) is 18.7. The highest BCUT2D eigenvalue weighted by Gasteiger charge is 2.37. The maximum atomic E-state index is 13.1. The molecule has 0 unspecified atom stereocenters. The van der Waals surface area contributed by atoms with Crippen LogP contribution in [0.1, 0.15) is 36.6 Å². The van der Waals surface area contributed by atoms with Crippen LogP contribution < -0.4 is 0 Å². The Morgan fingerprint density at radius 1 is 1.06 bits per heavy atom. The van der Waals surface area contributed by atoms with Crippen molar-refractivity contribution in [2.45, 2.75) is 32.9 Å². The first-order chi connectivity index (χ1) is 15.9. The summed E-state index contributed by atoms with van der Waals surface area (Å²) in [6.07, 6.45) is 4.57. The van der Waals surface area contributed by atoms with E-state index in [1.54, 1.807) is 11.0 Å². The van der Waals surface area contributed by atoms with Crippen molar-refractivity contribution in [3.8, 4) is 0 Å². The van der Waals surface area contributed by atoms with Crippen LogP contribution in [0.4, 0.5) is 4.79 Å². The van der Waals surface area contributed by atoms with Gasteiger partial charge in [-0.3, -0.25) is 19.3 Å². The van der Waals surface area contributed by atoms with Gasteiger partial charge in [-0.1, -0.05) is 42.5 Å². The summed E-state index contributed by atoms with van der Waals surface area (Å²) in [5.74, 6) is -0.610. The molecule has 0 spiro atoms. The summed E-state index contributed by atoms with van der Waals surface area (Å²) in [4.78, 5) is 41.8. The van der Waals surface area contributed by atoms with Crippen molar-refractivity contribution in [2.24, 2.45) is 0 Å². The van der Waals surface area contributed by atoms with Gasteiger partial charge in [0, 0.05) is 41.8 Å². The molecule has 3 aromatic rings. The highest BCUT2D eigenvalue weighted by molar-refractivity contribution is 8.18. The normalized spacial score (nSPS) is 17.5.